The molecule has 0 radical (unpaired) electrons. The van der Waals surface area contributed by atoms with Crippen molar-refractivity contribution < 1.29 is 4.79 Å². The summed E-state index contributed by atoms with van der Waals surface area (Å²) in [7, 11) is 0. The van der Waals surface area contributed by atoms with E-state index in [1.165, 1.54) is 6.92 Å². The van der Waals surface area contributed by atoms with E-state index >= 15 is 0 Å². The number of thiocarbonyl (C=S) groups is 1. The van der Waals surface area contributed by atoms with Gasteiger partial charge in [-0.15, -0.1) is 0 Å². The number of carbonyl (C=O) groups excluding carboxylic acids is 1. The molecule has 0 bridgehead atoms. The van der Waals surface area contributed by atoms with Crippen LogP contribution in [0.15, 0.2) is 67.1 Å². The minimum Gasteiger partial charge on any atom is -0.351 e. The molecular formula is C24H27N5OS. The van der Waals surface area contributed by atoms with Crippen LogP contribution in [-0.4, -0.2) is 20.6 Å². The molecule has 2 unspecified atom stereocenters. The van der Waals surface area contributed by atoms with E-state index in [-0.39, 0.29) is 23.5 Å². The fourth-order valence-corrected chi connectivity index (χ4v) is 4.23. The van der Waals surface area contributed by atoms with Gasteiger partial charge < -0.3 is 20.1 Å². The Labute approximate surface area is 188 Å². The molecule has 0 spiro atoms. The molecule has 2 aromatic heterocycles. The van der Waals surface area contributed by atoms with Crippen LogP contribution in [-0.2, 0) is 10.3 Å². The second-order valence-electron chi connectivity index (χ2n) is 8.75. The van der Waals surface area contributed by atoms with Crippen LogP contribution in [0.5, 0.6) is 0 Å². The summed E-state index contributed by atoms with van der Waals surface area (Å²) >= 11 is 5.77. The molecule has 6 nitrogen and oxygen atoms in total. The summed E-state index contributed by atoms with van der Waals surface area (Å²) < 4.78 is 2.22. The Bertz CT molecular complexity index is 1090. The molecule has 4 rings (SSSR count). The number of aromatic nitrogens is 2. The lowest BCUT2D eigenvalue weighted by Crippen LogP contribution is -2.29. The summed E-state index contributed by atoms with van der Waals surface area (Å²) in [5.41, 5.74) is 3.79. The summed E-state index contributed by atoms with van der Waals surface area (Å²) in [5, 5.41) is 6.94. The highest BCUT2D eigenvalue weighted by Gasteiger charge is 2.41. The number of rotatable bonds is 4. The Kier molecular flexibility index (Phi) is 5.54. The zero-order valence-electron chi connectivity index (χ0n) is 18.2. The topological polar surface area (TPSA) is 62.2 Å². The molecule has 2 atom stereocenters. The van der Waals surface area contributed by atoms with Gasteiger partial charge in [0.2, 0.25) is 5.91 Å². The third-order valence-corrected chi connectivity index (χ3v) is 5.71. The van der Waals surface area contributed by atoms with Crippen LogP contribution in [0.3, 0.4) is 0 Å². The average molecular weight is 434 g/mol. The van der Waals surface area contributed by atoms with Crippen LogP contribution in [0.4, 0.5) is 11.4 Å². The second-order valence-corrected chi connectivity index (χ2v) is 9.13. The van der Waals surface area contributed by atoms with E-state index in [9.17, 15) is 4.79 Å². The van der Waals surface area contributed by atoms with Gasteiger partial charge in [0, 0.05) is 42.4 Å². The third-order valence-electron chi connectivity index (χ3n) is 5.40. The number of nitrogens with zero attached hydrogens (tertiary/aromatic N) is 3. The van der Waals surface area contributed by atoms with E-state index in [0.717, 1.165) is 22.6 Å². The van der Waals surface area contributed by atoms with Gasteiger partial charge in [0.25, 0.3) is 0 Å². The highest BCUT2D eigenvalue weighted by molar-refractivity contribution is 7.80. The number of nitrogens with one attached hydrogen (secondary N) is 2. The molecular weight excluding hydrogens is 406 g/mol. The van der Waals surface area contributed by atoms with Crippen LogP contribution in [0, 0.1) is 0 Å². The van der Waals surface area contributed by atoms with Crippen molar-refractivity contribution in [3.63, 3.8) is 0 Å². The van der Waals surface area contributed by atoms with Gasteiger partial charge in [-0.25, -0.2) is 0 Å². The van der Waals surface area contributed by atoms with Gasteiger partial charge in [-0.2, -0.15) is 0 Å². The van der Waals surface area contributed by atoms with Gasteiger partial charge in [-0.1, -0.05) is 6.07 Å². The van der Waals surface area contributed by atoms with E-state index in [0.29, 0.717) is 5.11 Å². The first-order chi connectivity index (χ1) is 14.7. The molecule has 3 heterocycles. The Balaban J connectivity index is 1.76. The van der Waals surface area contributed by atoms with Crippen molar-refractivity contribution in [1.82, 2.24) is 14.9 Å². The molecule has 1 saturated heterocycles. The molecule has 1 aromatic carbocycles. The smallest absolute Gasteiger partial charge is 0.221 e. The normalized spacial score (nSPS) is 18.7. The fourth-order valence-electron chi connectivity index (χ4n) is 3.89. The number of amides is 1. The van der Waals surface area contributed by atoms with Crippen LogP contribution in [0.1, 0.15) is 51.0 Å². The minimum absolute atomic E-state index is 0.0177. The van der Waals surface area contributed by atoms with Crippen LogP contribution < -0.4 is 15.5 Å². The Hall–Kier alpha value is -3.19. The zero-order chi connectivity index (χ0) is 22.2. The lowest BCUT2D eigenvalue weighted by molar-refractivity contribution is -0.114. The van der Waals surface area contributed by atoms with Crippen LogP contribution >= 0.6 is 12.2 Å². The van der Waals surface area contributed by atoms with Crippen molar-refractivity contribution in [1.29, 1.82) is 0 Å². The van der Waals surface area contributed by atoms with Gasteiger partial charge >= 0.3 is 0 Å². The molecule has 2 N–H and O–H groups in total. The molecule has 1 aliphatic heterocycles. The second kappa shape index (κ2) is 8.15. The van der Waals surface area contributed by atoms with Crippen molar-refractivity contribution in [2.75, 3.05) is 10.2 Å². The third kappa shape index (κ3) is 4.32. The first-order valence-corrected chi connectivity index (χ1v) is 10.7. The lowest BCUT2D eigenvalue weighted by atomic mass is 9.98. The zero-order valence-corrected chi connectivity index (χ0v) is 19.0. The van der Waals surface area contributed by atoms with Crippen molar-refractivity contribution in [2.45, 2.75) is 45.3 Å². The van der Waals surface area contributed by atoms with Crippen molar-refractivity contribution in [3.8, 4) is 0 Å². The van der Waals surface area contributed by atoms with Crippen LogP contribution in [0.25, 0.3) is 0 Å². The molecule has 3 aromatic rings. The number of carbonyl (C=O) groups is 1. The number of hydrogen-bond acceptors (Lipinski definition) is 3. The fraction of sp³-hybridized carbons (Fsp3) is 0.292. The molecule has 1 amide bonds. The highest BCUT2D eigenvalue weighted by atomic mass is 32.1. The van der Waals surface area contributed by atoms with E-state index in [4.69, 9.17) is 12.2 Å². The van der Waals surface area contributed by atoms with E-state index in [1.807, 2.05) is 48.7 Å². The lowest BCUT2D eigenvalue weighted by Gasteiger charge is -2.28. The van der Waals surface area contributed by atoms with Gasteiger partial charge in [-0.3, -0.25) is 9.78 Å². The Morgan fingerprint density at radius 1 is 1.13 bits per heavy atom. The number of hydrogen-bond donors (Lipinski definition) is 2. The van der Waals surface area contributed by atoms with Crippen LogP contribution in [0.2, 0.25) is 0 Å². The van der Waals surface area contributed by atoms with Crippen molar-refractivity contribution >= 4 is 34.6 Å². The van der Waals surface area contributed by atoms with Gasteiger partial charge in [-0.05, 0) is 81.0 Å². The number of anilines is 2. The predicted molar refractivity (Wildman–Crippen MR) is 128 cm³/mol. The van der Waals surface area contributed by atoms with E-state index in [2.05, 4.69) is 64.3 Å². The standard InChI is InChI=1S/C24H27N5OS/c1-16(30)26-18-8-10-19(11-9-18)29-22(17-12-14-28(15-17)24(2,3)4)21(27-23(29)31)20-7-5-6-13-25-20/h5-15,21-22H,1-4H3,(H,26,30)(H,27,31). The summed E-state index contributed by atoms with van der Waals surface area (Å²) in [6.45, 7) is 8.05. The van der Waals surface area contributed by atoms with Crippen molar-refractivity contribution in [2.24, 2.45) is 0 Å². The molecule has 31 heavy (non-hydrogen) atoms. The average Bonchev–Trinajstić information content (AvgIpc) is 3.33. The molecule has 160 valence electrons. The number of pyridine rings is 1. The van der Waals surface area contributed by atoms with Gasteiger partial charge in [0.05, 0.1) is 17.8 Å². The van der Waals surface area contributed by atoms with Gasteiger partial charge in [0.15, 0.2) is 5.11 Å². The maximum absolute atomic E-state index is 11.4. The molecule has 0 aliphatic carbocycles. The summed E-state index contributed by atoms with van der Waals surface area (Å²) in [6.07, 6.45) is 6.11. The Morgan fingerprint density at radius 3 is 2.45 bits per heavy atom. The Morgan fingerprint density at radius 2 is 1.87 bits per heavy atom. The van der Waals surface area contributed by atoms with E-state index in [1.54, 1.807) is 0 Å². The minimum atomic E-state index is -0.0947. The molecule has 1 aliphatic rings. The van der Waals surface area contributed by atoms with E-state index < -0.39 is 0 Å². The molecule has 0 saturated carbocycles. The van der Waals surface area contributed by atoms with Crippen molar-refractivity contribution in [3.05, 3.63) is 78.4 Å². The molecule has 7 heteroatoms. The molecule has 1 fully saturated rings. The monoisotopic (exact) mass is 433 g/mol. The maximum atomic E-state index is 11.4. The summed E-state index contributed by atoms with van der Waals surface area (Å²) in [6, 6.07) is 15.7. The predicted octanol–water partition coefficient (Wildman–Crippen LogP) is 4.77. The quantitative estimate of drug-likeness (QED) is 0.580. The van der Waals surface area contributed by atoms with Gasteiger partial charge in [0.1, 0.15) is 0 Å². The maximum Gasteiger partial charge on any atom is 0.221 e. The largest absolute Gasteiger partial charge is 0.351 e. The first kappa shape index (κ1) is 21.1. The highest BCUT2D eigenvalue weighted by Crippen LogP contribution is 2.42. The summed E-state index contributed by atoms with van der Waals surface area (Å²) in [5.74, 6) is -0.0947. The SMILES string of the molecule is CC(=O)Nc1ccc(N2C(=S)NC(c3ccccn3)C2c2ccn(C(C)(C)C)c2)cc1. The number of benzene rings is 1. The summed E-state index contributed by atoms with van der Waals surface area (Å²) in [4.78, 5) is 18.1. The first-order valence-electron chi connectivity index (χ1n) is 10.3.